The van der Waals surface area contributed by atoms with E-state index in [2.05, 4.69) is 26.2 Å². The first kappa shape index (κ1) is 47.8. The van der Waals surface area contributed by atoms with Crippen LogP contribution in [0.2, 0.25) is 0 Å². The lowest BCUT2D eigenvalue weighted by Gasteiger charge is -2.51. The number of ether oxygens (including phenoxy) is 7. The maximum absolute atomic E-state index is 12.4. The lowest BCUT2D eigenvalue weighted by atomic mass is 9.93. The van der Waals surface area contributed by atoms with E-state index < -0.39 is 173 Å². The van der Waals surface area contributed by atoms with Crippen molar-refractivity contribution >= 4 is 23.6 Å². The maximum atomic E-state index is 12.4. The van der Waals surface area contributed by atoms with Crippen molar-refractivity contribution in [3.63, 3.8) is 0 Å². The molecule has 334 valence electrons. The molecule has 0 spiro atoms. The van der Waals surface area contributed by atoms with Crippen molar-refractivity contribution in [1.82, 2.24) is 21.3 Å². The van der Waals surface area contributed by atoms with E-state index in [-0.39, 0.29) is 0 Å². The third kappa shape index (κ3) is 11.1. The highest BCUT2D eigenvalue weighted by molar-refractivity contribution is 5.74. The Hall–Kier alpha value is -2.84. The van der Waals surface area contributed by atoms with Crippen LogP contribution < -0.4 is 21.3 Å². The Morgan fingerprint density at radius 1 is 0.466 bits per heavy atom. The molecule has 4 aliphatic heterocycles. The van der Waals surface area contributed by atoms with E-state index in [1.165, 1.54) is 0 Å². The zero-order chi connectivity index (χ0) is 43.2. The van der Waals surface area contributed by atoms with Crippen molar-refractivity contribution in [2.24, 2.45) is 0 Å². The minimum absolute atomic E-state index is 0.678. The molecule has 0 aromatic carbocycles. The number of amides is 4. The van der Waals surface area contributed by atoms with Gasteiger partial charge in [-0.15, -0.1) is 0 Å². The molecule has 20 atom stereocenters. The molecule has 4 fully saturated rings. The molecule has 0 aromatic heterocycles. The topological polar surface area (TPSA) is 393 Å². The fourth-order valence-corrected chi connectivity index (χ4v) is 7.23. The molecule has 0 aromatic rings. The predicted octanol–water partition coefficient (Wildman–Crippen LogP) is -8.68. The number of carbonyl (C=O) groups is 4. The van der Waals surface area contributed by atoms with E-state index in [1.807, 2.05) is 0 Å². The second-order valence-corrected chi connectivity index (χ2v) is 14.2. The monoisotopic (exact) mass is 846 g/mol. The number of nitrogens with one attached hydrogen (secondary N) is 4. The van der Waals surface area contributed by atoms with Crippen molar-refractivity contribution < 1.29 is 108 Å². The number of carbonyl (C=O) groups excluding carboxylic acids is 4. The van der Waals surface area contributed by atoms with E-state index in [1.54, 1.807) is 0 Å². The fourth-order valence-electron chi connectivity index (χ4n) is 7.23. The molecular weight excluding hydrogens is 792 g/mol. The van der Waals surface area contributed by atoms with Crippen LogP contribution in [-0.2, 0) is 57.2 Å². The summed E-state index contributed by atoms with van der Waals surface area (Å²) in [7, 11) is 0. The molecule has 0 unspecified atom stereocenters. The molecule has 26 nitrogen and oxygen atoms in total. The summed E-state index contributed by atoms with van der Waals surface area (Å²) in [6.45, 7) is 0.959. The van der Waals surface area contributed by atoms with Crippen LogP contribution in [-0.4, -0.2) is 224 Å². The van der Waals surface area contributed by atoms with Crippen LogP contribution in [0.1, 0.15) is 27.7 Å². The first-order valence-electron chi connectivity index (χ1n) is 18.2. The van der Waals surface area contributed by atoms with Crippen LogP contribution in [0.5, 0.6) is 0 Å². The van der Waals surface area contributed by atoms with Gasteiger partial charge in [0.2, 0.25) is 23.6 Å². The molecule has 0 radical (unpaired) electrons. The zero-order valence-corrected chi connectivity index (χ0v) is 31.7. The molecule has 4 rings (SSSR count). The number of hydrogen-bond donors (Lipinski definition) is 14. The highest BCUT2D eigenvalue weighted by Gasteiger charge is 2.56. The average Bonchev–Trinajstić information content (AvgIpc) is 3.15. The van der Waals surface area contributed by atoms with Gasteiger partial charge in [-0.3, -0.25) is 24.4 Å². The van der Waals surface area contributed by atoms with Crippen molar-refractivity contribution in [1.29, 1.82) is 0 Å². The minimum Gasteiger partial charge on any atom is -0.394 e. The van der Waals surface area contributed by atoms with Crippen LogP contribution in [0, 0.1) is 0 Å². The smallest absolute Gasteiger partial charge is 0.217 e. The van der Waals surface area contributed by atoms with Gasteiger partial charge in [-0.05, 0) is 0 Å². The number of aliphatic hydroxyl groups is 9. The maximum Gasteiger partial charge on any atom is 0.217 e. The molecule has 0 saturated carbocycles. The summed E-state index contributed by atoms with van der Waals surface area (Å²) in [5, 5.41) is 115. The molecule has 4 amide bonds. The van der Waals surface area contributed by atoms with Crippen LogP contribution in [0.25, 0.3) is 0 Å². The molecule has 58 heavy (non-hydrogen) atoms. The second-order valence-electron chi connectivity index (χ2n) is 14.2. The molecule has 0 aliphatic carbocycles. The summed E-state index contributed by atoms with van der Waals surface area (Å²) < 4.78 is 40.7. The standard InChI is InChI=1S/C32H54N4O22/c1-9(40)33-17-23(46)28(16(8-51-50)52-29(17)49)58-32-20(36-12(4)43)25(48)27(15(7-39)55-32)57-31-19(35-11(3)42)24(47)26(14(6-38)54-31)56-30-18(34-10(2)41)22(45)21(44)13(5-37)53-30/h13-32,37-39,44-50H,5-8H2,1-4H3,(H,33,40)(H,34,41)(H,35,42)(H,36,43)/t13-,14-,15-,16-,17-,18-,19-,20-,21-,22-,23-,24-,25-,26-,27-,28-,29+,30+,31+,32+/m1/s1. The van der Waals surface area contributed by atoms with E-state index in [4.69, 9.17) is 38.4 Å². The Morgan fingerprint density at radius 2 is 0.793 bits per heavy atom. The summed E-state index contributed by atoms with van der Waals surface area (Å²) in [5.41, 5.74) is 0. The predicted molar refractivity (Wildman–Crippen MR) is 182 cm³/mol. The quantitative estimate of drug-likeness (QED) is 0.0537. The highest BCUT2D eigenvalue weighted by Crippen LogP contribution is 2.34. The summed E-state index contributed by atoms with van der Waals surface area (Å²) in [5.74, 6) is -2.88. The third-order valence-electron chi connectivity index (χ3n) is 9.87. The van der Waals surface area contributed by atoms with Crippen molar-refractivity contribution in [2.45, 2.75) is 150 Å². The van der Waals surface area contributed by atoms with Gasteiger partial charge in [0.15, 0.2) is 25.2 Å². The van der Waals surface area contributed by atoms with Gasteiger partial charge < -0.3 is 100 Å². The van der Waals surface area contributed by atoms with Gasteiger partial charge in [0.1, 0.15) is 104 Å². The number of rotatable bonds is 15. The fraction of sp³-hybridized carbons (Fsp3) is 0.875. The zero-order valence-electron chi connectivity index (χ0n) is 31.7. The highest BCUT2D eigenvalue weighted by atomic mass is 17.1. The third-order valence-corrected chi connectivity index (χ3v) is 9.87. The van der Waals surface area contributed by atoms with Crippen LogP contribution >= 0.6 is 0 Å². The van der Waals surface area contributed by atoms with Gasteiger partial charge in [0.05, 0.1) is 19.8 Å². The first-order valence-corrected chi connectivity index (χ1v) is 18.2. The molecule has 4 heterocycles. The Balaban J connectivity index is 1.62. The van der Waals surface area contributed by atoms with Crippen LogP contribution in [0.15, 0.2) is 0 Å². The molecule has 14 N–H and O–H groups in total. The minimum atomic E-state index is -1.91. The summed E-state index contributed by atoms with van der Waals surface area (Å²) >= 11 is 0. The lowest BCUT2D eigenvalue weighted by molar-refractivity contribution is -0.366. The lowest BCUT2D eigenvalue weighted by Crippen LogP contribution is -2.71. The second kappa shape index (κ2) is 21.1. The van der Waals surface area contributed by atoms with Gasteiger partial charge in [-0.25, -0.2) is 4.89 Å². The van der Waals surface area contributed by atoms with Gasteiger partial charge in [0, 0.05) is 27.7 Å². The first-order chi connectivity index (χ1) is 27.4. The van der Waals surface area contributed by atoms with Gasteiger partial charge in [-0.2, -0.15) is 0 Å². The average molecular weight is 847 g/mol. The van der Waals surface area contributed by atoms with Crippen LogP contribution in [0.3, 0.4) is 0 Å². The van der Waals surface area contributed by atoms with Crippen molar-refractivity contribution in [3.8, 4) is 0 Å². The summed E-state index contributed by atoms with van der Waals surface area (Å²) in [6, 6.07) is -6.21. The van der Waals surface area contributed by atoms with Crippen molar-refractivity contribution in [3.05, 3.63) is 0 Å². The SMILES string of the molecule is CC(=O)N[C@@H]1[C@@H](O)[C@H](O[C@@H]2O[C@H](CO)[C@@H](O[C@@H]3O[C@H](CO)[C@@H](O[C@@H]4O[C@H](CO)[C@@H](O)[C@H](O)[C@H]4NC(C)=O)[C@H](O)[C@H]3NC(C)=O)[C@H](O)[C@H]2NC(C)=O)[C@@H](COO)O[C@@H]1O. The Kier molecular flexibility index (Phi) is 17.4. The summed E-state index contributed by atoms with van der Waals surface area (Å²) in [4.78, 5) is 52.7. The number of aliphatic hydroxyl groups excluding tert-OH is 9. The normalized spacial score (nSPS) is 43.2. The Morgan fingerprint density at radius 3 is 1.16 bits per heavy atom. The molecule has 26 heteroatoms. The van der Waals surface area contributed by atoms with Gasteiger partial charge in [-0.1, -0.05) is 0 Å². The summed E-state index contributed by atoms with van der Waals surface area (Å²) in [6.07, 6.45) is -27.1. The Labute approximate surface area is 330 Å². The largest absolute Gasteiger partial charge is 0.394 e. The van der Waals surface area contributed by atoms with E-state index in [0.717, 1.165) is 27.7 Å². The van der Waals surface area contributed by atoms with Crippen LogP contribution in [0.4, 0.5) is 0 Å². The molecule has 4 saturated heterocycles. The van der Waals surface area contributed by atoms with E-state index in [9.17, 15) is 65.1 Å². The molecule has 0 bridgehead atoms. The van der Waals surface area contributed by atoms with Crippen molar-refractivity contribution in [2.75, 3.05) is 26.4 Å². The number of hydrogen-bond acceptors (Lipinski definition) is 22. The molecule has 4 aliphatic rings. The molecular formula is C32H54N4O22. The van der Waals surface area contributed by atoms with Gasteiger partial charge >= 0.3 is 0 Å². The van der Waals surface area contributed by atoms with Gasteiger partial charge in [0.25, 0.3) is 0 Å². The van der Waals surface area contributed by atoms with E-state index in [0.29, 0.717) is 0 Å². The Bertz CT molecular complexity index is 1390. The van der Waals surface area contributed by atoms with E-state index >= 15 is 0 Å².